The summed E-state index contributed by atoms with van der Waals surface area (Å²) in [6.45, 7) is 5.09. The zero-order valence-electron chi connectivity index (χ0n) is 9.40. The van der Waals surface area contributed by atoms with E-state index in [-0.39, 0.29) is 6.42 Å². The van der Waals surface area contributed by atoms with Crippen molar-refractivity contribution in [3.8, 4) is 0 Å². The number of nitrogens with two attached hydrogens (primary N) is 1. The summed E-state index contributed by atoms with van der Waals surface area (Å²) < 4.78 is 26.3. The molecular weight excluding hydrogens is 196 g/mol. The highest BCUT2D eigenvalue weighted by molar-refractivity contribution is 5.38. The fourth-order valence-corrected chi connectivity index (χ4v) is 1.82. The molecule has 0 atom stereocenters. The molecule has 1 aromatic rings. The van der Waals surface area contributed by atoms with Crippen molar-refractivity contribution < 1.29 is 8.78 Å². The molecule has 0 aliphatic carbocycles. The normalized spacial score (nSPS) is 11.9. The number of alkyl halides is 2. The molecule has 0 radical (unpaired) electrons. The second kappa shape index (κ2) is 4.27. The molecule has 0 aromatic heterocycles. The van der Waals surface area contributed by atoms with Crippen molar-refractivity contribution in [2.75, 3.05) is 6.54 Å². The van der Waals surface area contributed by atoms with Crippen molar-refractivity contribution >= 4 is 0 Å². The minimum absolute atomic E-state index is 0.262. The van der Waals surface area contributed by atoms with Crippen molar-refractivity contribution in [2.45, 2.75) is 33.1 Å². The standard InChI is InChI=1S/C12H17F2N/c1-8-4-9(2)11(10(3)5-8)6-12(13,14)7-15/h4-5H,6-7,15H2,1-3H3. The van der Waals surface area contributed by atoms with Gasteiger partial charge in [-0.3, -0.25) is 0 Å². The van der Waals surface area contributed by atoms with Gasteiger partial charge in [-0.15, -0.1) is 0 Å². The van der Waals surface area contributed by atoms with Gasteiger partial charge in [-0.05, 0) is 37.5 Å². The molecular formula is C12H17F2N. The Balaban J connectivity index is 3.05. The van der Waals surface area contributed by atoms with E-state index in [2.05, 4.69) is 0 Å². The predicted molar refractivity (Wildman–Crippen MR) is 58.4 cm³/mol. The van der Waals surface area contributed by atoms with Crippen LogP contribution in [-0.4, -0.2) is 12.5 Å². The van der Waals surface area contributed by atoms with Crippen LogP contribution in [0.5, 0.6) is 0 Å². The van der Waals surface area contributed by atoms with Gasteiger partial charge in [-0.25, -0.2) is 8.78 Å². The summed E-state index contributed by atoms with van der Waals surface area (Å²) in [6.07, 6.45) is -0.262. The van der Waals surface area contributed by atoms with Crippen LogP contribution in [0.25, 0.3) is 0 Å². The van der Waals surface area contributed by atoms with Gasteiger partial charge in [-0.1, -0.05) is 17.7 Å². The van der Waals surface area contributed by atoms with Crippen LogP contribution in [0, 0.1) is 20.8 Å². The molecule has 0 fully saturated rings. The predicted octanol–water partition coefficient (Wildman–Crippen LogP) is 2.75. The minimum atomic E-state index is -2.80. The van der Waals surface area contributed by atoms with Crippen molar-refractivity contribution in [3.05, 3.63) is 34.4 Å². The van der Waals surface area contributed by atoms with Gasteiger partial charge in [0.05, 0.1) is 6.54 Å². The molecule has 0 saturated carbocycles. The lowest BCUT2D eigenvalue weighted by molar-refractivity contribution is 0.0112. The molecule has 84 valence electrons. The summed E-state index contributed by atoms with van der Waals surface area (Å²) in [7, 11) is 0. The number of hydrogen-bond donors (Lipinski definition) is 1. The van der Waals surface area contributed by atoms with E-state index in [1.807, 2.05) is 32.9 Å². The Morgan fingerprint density at radius 3 is 2.00 bits per heavy atom. The van der Waals surface area contributed by atoms with E-state index in [9.17, 15) is 8.78 Å². The number of hydrogen-bond acceptors (Lipinski definition) is 1. The van der Waals surface area contributed by atoms with Crippen LogP contribution in [0.3, 0.4) is 0 Å². The maximum absolute atomic E-state index is 13.2. The van der Waals surface area contributed by atoms with E-state index >= 15 is 0 Å². The third-order valence-corrected chi connectivity index (χ3v) is 2.57. The maximum Gasteiger partial charge on any atom is 0.264 e. The molecule has 15 heavy (non-hydrogen) atoms. The summed E-state index contributed by atoms with van der Waals surface area (Å²) in [5.41, 5.74) is 8.69. The summed E-state index contributed by atoms with van der Waals surface area (Å²) in [5, 5.41) is 0. The minimum Gasteiger partial charge on any atom is -0.325 e. The second-order valence-corrected chi connectivity index (χ2v) is 4.11. The van der Waals surface area contributed by atoms with Crippen molar-refractivity contribution in [1.82, 2.24) is 0 Å². The molecule has 0 heterocycles. The Bertz CT molecular complexity index is 336. The second-order valence-electron chi connectivity index (χ2n) is 4.11. The molecule has 1 nitrogen and oxygen atoms in total. The van der Waals surface area contributed by atoms with Crippen LogP contribution in [-0.2, 0) is 6.42 Å². The number of rotatable bonds is 3. The monoisotopic (exact) mass is 213 g/mol. The first kappa shape index (κ1) is 12.1. The van der Waals surface area contributed by atoms with Gasteiger partial charge in [0.25, 0.3) is 5.92 Å². The molecule has 0 spiro atoms. The fraction of sp³-hybridized carbons (Fsp3) is 0.500. The van der Waals surface area contributed by atoms with E-state index < -0.39 is 12.5 Å². The fourth-order valence-electron chi connectivity index (χ4n) is 1.82. The van der Waals surface area contributed by atoms with Gasteiger partial charge < -0.3 is 5.73 Å². The van der Waals surface area contributed by atoms with Gasteiger partial charge in [0, 0.05) is 6.42 Å². The largest absolute Gasteiger partial charge is 0.325 e. The van der Waals surface area contributed by atoms with Gasteiger partial charge in [0.2, 0.25) is 0 Å². The summed E-state index contributed by atoms with van der Waals surface area (Å²) in [5.74, 6) is -2.80. The average Bonchev–Trinajstić information content (AvgIpc) is 2.11. The maximum atomic E-state index is 13.2. The van der Waals surface area contributed by atoms with Crippen LogP contribution >= 0.6 is 0 Å². The van der Waals surface area contributed by atoms with Gasteiger partial charge in [0.1, 0.15) is 0 Å². The topological polar surface area (TPSA) is 26.0 Å². The first-order chi connectivity index (χ1) is 6.85. The highest BCUT2D eigenvalue weighted by Crippen LogP contribution is 2.24. The van der Waals surface area contributed by atoms with Gasteiger partial charge >= 0.3 is 0 Å². The van der Waals surface area contributed by atoms with E-state index in [1.165, 1.54) is 0 Å². The molecule has 3 heteroatoms. The van der Waals surface area contributed by atoms with Gasteiger partial charge in [-0.2, -0.15) is 0 Å². The van der Waals surface area contributed by atoms with E-state index in [0.717, 1.165) is 22.3 Å². The SMILES string of the molecule is Cc1cc(C)c(CC(F)(F)CN)c(C)c1. The Hall–Kier alpha value is -0.960. The van der Waals surface area contributed by atoms with Crippen LogP contribution in [0.4, 0.5) is 8.78 Å². The lowest BCUT2D eigenvalue weighted by atomic mass is 9.95. The van der Waals surface area contributed by atoms with Gasteiger partial charge in [0.15, 0.2) is 0 Å². The number of benzene rings is 1. The van der Waals surface area contributed by atoms with Crippen molar-refractivity contribution in [3.63, 3.8) is 0 Å². The summed E-state index contributed by atoms with van der Waals surface area (Å²) in [6, 6.07) is 3.85. The Morgan fingerprint density at radius 1 is 1.13 bits per heavy atom. The molecule has 0 amide bonds. The average molecular weight is 213 g/mol. The van der Waals surface area contributed by atoms with Crippen LogP contribution in [0.15, 0.2) is 12.1 Å². The molecule has 0 unspecified atom stereocenters. The highest BCUT2D eigenvalue weighted by atomic mass is 19.3. The lowest BCUT2D eigenvalue weighted by Crippen LogP contribution is -2.30. The third-order valence-electron chi connectivity index (χ3n) is 2.57. The molecule has 1 rings (SSSR count). The zero-order valence-corrected chi connectivity index (χ0v) is 9.40. The van der Waals surface area contributed by atoms with E-state index in [1.54, 1.807) is 0 Å². The summed E-state index contributed by atoms with van der Waals surface area (Å²) >= 11 is 0. The van der Waals surface area contributed by atoms with Crippen LogP contribution in [0.1, 0.15) is 22.3 Å². The van der Waals surface area contributed by atoms with Crippen molar-refractivity contribution in [2.24, 2.45) is 5.73 Å². The number of aryl methyl sites for hydroxylation is 3. The molecule has 0 saturated heterocycles. The quantitative estimate of drug-likeness (QED) is 0.820. The number of halogens is 2. The Labute approximate surface area is 89.3 Å². The molecule has 0 bridgehead atoms. The summed E-state index contributed by atoms with van der Waals surface area (Å²) in [4.78, 5) is 0. The molecule has 0 aliphatic heterocycles. The zero-order chi connectivity index (χ0) is 11.6. The Morgan fingerprint density at radius 2 is 1.60 bits per heavy atom. The van der Waals surface area contributed by atoms with Crippen molar-refractivity contribution in [1.29, 1.82) is 0 Å². The van der Waals surface area contributed by atoms with Crippen LogP contribution in [0.2, 0.25) is 0 Å². The third kappa shape index (κ3) is 2.99. The first-order valence-corrected chi connectivity index (χ1v) is 5.00. The molecule has 1 aromatic carbocycles. The smallest absolute Gasteiger partial charge is 0.264 e. The molecule has 2 N–H and O–H groups in total. The van der Waals surface area contributed by atoms with Crippen LogP contribution < -0.4 is 5.73 Å². The van der Waals surface area contributed by atoms with E-state index in [0.29, 0.717) is 0 Å². The lowest BCUT2D eigenvalue weighted by Gasteiger charge is -2.17. The van der Waals surface area contributed by atoms with E-state index in [4.69, 9.17) is 5.73 Å². The highest BCUT2D eigenvalue weighted by Gasteiger charge is 2.28. The molecule has 0 aliphatic rings. The Kier molecular flexibility index (Phi) is 3.45. The first-order valence-electron chi connectivity index (χ1n) is 5.00.